The molecule has 1 amide bonds. The minimum Gasteiger partial charge on any atom is -0.493 e. The SMILES string of the molecule is CC(=O)NC(C)CCc1cnc(N2CCC(Oc3cccc(OCC4CC4)c3)CC2)o1. The van der Waals surface area contributed by atoms with Crippen LogP contribution >= 0.6 is 0 Å². The van der Waals surface area contributed by atoms with Gasteiger partial charge in [-0.15, -0.1) is 0 Å². The number of nitrogens with zero attached hydrogens (tertiary/aromatic N) is 2. The summed E-state index contributed by atoms with van der Waals surface area (Å²) in [5.74, 6) is 3.35. The van der Waals surface area contributed by atoms with Gasteiger partial charge < -0.3 is 24.1 Å². The molecule has 7 heteroatoms. The van der Waals surface area contributed by atoms with E-state index in [2.05, 4.69) is 15.2 Å². The molecule has 2 aliphatic rings. The highest BCUT2D eigenvalue weighted by molar-refractivity contribution is 5.73. The molecule has 2 aromatic rings. The molecule has 0 bridgehead atoms. The molecule has 1 aromatic carbocycles. The summed E-state index contributed by atoms with van der Waals surface area (Å²) in [5.41, 5.74) is 0. The molecule has 1 N–H and O–H groups in total. The minimum absolute atomic E-state index is 0.00615. The van der Waals surface area contributed by atoms with Crippen LogP contribution in [0.5, 0.6) is 11.5 Å². The highest BCUT2D eigenvalue weighted by atomic mass is 16.5. The lowest BCUT2D eigenvalue weighted by Crippen LogP contribution is -2.38. The van der Waals surface area contributed by atoms with Gasteiger partial charge in [-0.05, 0) is 44.2 Å². The van der Waals surface area contributed by atoms with Crippen LogP contribution in [0.25, 0.3) is 0 Å². The van der Waals surface area contributed by atoms with Gasteiger partial charge in [-0.2, -0.15) is 0 Å². The Kier molecular flexibility index (Phi) is 6.99. The summed E-state index contributed by atoms with van der Waals surface area (Å²) in [6, 6.07) is 8.78. The summed E-state index contributed by atoms with van der Waals surface area (Å²) in [6.07, 6.45) is 7.98. The predicted molar refractivity (Wildman–Crippen MR) is 119 cm³/mol. The average molecular weight is 428 g/mol. The van der Waals surface area contributed by atoms with Crippen molar-refractivity contribution >= 4 is 11.9 Å². The van der Waals surface area contributed by atoms with E-state index in [1.165, 1.54) is 19.8 Å². The molecule has 1 saturated carbocycles. The first-order chi connectivity index (χ1) is 15.0. The Balaban J connectivity index is 1.21. The summed E-state index contributed by atoms with van der Waals surface area (Å²) in [5, 5.41) is 2.89. The van der Waals surface area contributed by atoms with E-state index in [-0.39, 0.29) is 18.1 Å². The van der Waals surface area contributed by atoms with Gasteiger partial charge in [0.15, 0.2) is 0 Å². The maximum atomic E-state index is 11.1. The van der Waals surface area contributed by atoms with E-state index in [4.69, 9.17) is 13.9 Å². The first kappa shape index (κ1) is 21.5. The smallest absolute Gasteiger partial charge is 0.297 e. The number of anilines is 1. The molecule has 1 saturated heterocycles. The number of rotatable bonds is 10. The molecule has 0 spiro atoms. The third-order valence-electron chi connectivity index (χ3n) is 5.82. The van der Waals surface area contributed by atoms with Crippen LogP contribution in [0.2, 0.25) is 0 Å². The molecule has 1 unspecified atom stereocenters. The number of piperidine rings is 1. The molecule has 0 radical (unpaired) electrons. The Morgan fingerprint density at radius 2 is 2.03 bits per heavy atom. The zero-order valence-corrected chi connectivity index (χ0v) is 18.5. The molecule has 7 nitrogen and oxygen atoms in total. The third kappa shape index (κ3) is 6.64. The fraction of sp³-hybridized carbons (Fsp3) is 0.583. The van der Waals surface area contributed by atoms with E-state index < -0.39 is 0 Å². The van der Waals surface area contributed by atoms with Crippen molar-refractivity contribution in [2.24, 2.45) is 5.92 Å². The molecule has 1 aliphatic heterocycles. The second-order valence-corrected chi connectivity index (χ2v) is 8.78. The van der Waals surface area contributed by atoms with Gasteiger partial charge in [0, 0.05) is 51.4 Å². The lowest BCUT2D eigenvalue weighted by molar-refractivity contribution is -0.119. The number of aromatic nitrogens is 1. The Morgan fingerprint density at radius 1 is 1.26 bits per heavy atom. The average Bonchev–Trinajstić information content (AvgIpc) is 3.47. The number of oxazole rings is 1. The normalized spacial score (nSPS) is 17.9. The molecule has 31 heavy (non-hydrogen) atoms. The standard InChI is InChI=1S/C24H33N3O4/c1-17(26-18(2)28)6-9-23-15-25-24(31-23)27-12-10-20(11-13-27)30-22-5-3-4-21(14-22)29-16-19-7-8-19/h3-5,14-15,17,19-20H,6-13,16H2,1-2H3,(H,26,28). The third-order valence-corrected chi connectivity index (χ3v) is 5.82. The van der Waals surface area contributed by atoms with Crippen LogP contribution in [0.3, 0.4) is 0 Å². The zero-order chi connectivity index (χ0) is 21.6. The quantitative estimate of drug-likeness (QED) is 0.618. The summed E-state index contributed by atoms with van der Waals surface area (Å²) in [4.78, 5) is 17.8. The van der Waals surface area contributed by atoms with Gasteiger partial charge in [-0.25, -0.2) is 4.98 Å². The molecule has 1 atom stereocenters. The number of aryl methyl sites for hydroxylation is 1. The van der Waals surface area contributed by atoms with E-state index in [0.29, 0.717) is 6.01 Å². The fourth-order valence-electron chi connectivity index (χ4n) is 3.83. The van der Waals surface area contributed by atoms with Crippen molar-refractivity contribution in [3.63, 3.8) is 0 Å². The van der Waals surface area contributed by atoms with Crippen LogP contribution < -0.4 is 19.7 Å². The summed E-state index contributed by atoms with van der Waals surface area (Å²) >= 11 is 0. The first-order valence-corrected chi connectivity index (χ1v) is 11.4. The zero-order valence-electron chi connectivity index (χ0n) is 18.5. The van der Waals surface area contributed by atoms with E-state index in [1.807, 2.05) is 31.2 Å². The first-order valence-electron chi connectivity index (χ1n) is 11.4. The minimum atomic E-state index is -0.00615. The topological polar surface area (TPSA) is 76.8 Å². The van der Waals surface area contributed by atoms with Crippen molar-refractivity contribution in [3.8, 4) is 11.5 Å². The maximum Gasteiger partial charge on any atom is 0.297 e. The monoisotopic (exact) mass is 427 g/mol. The van der Waals surface area contributed by atoms with Crippen LogP contribution in [0.1, 0.15) is 51.7 Å². The lowest BCUT2D eigenvalue weighted by atomic mass is 10.1. The van der Waals surface area contributed by atoms with Crippen molar-refractivity contribution in [2.75, 3.05) is 24.6 Å². The van der Waals surface area contributed by atoms with Crippen molar-refractivity contribution in [2.45, 2.75) is 64.5 Å². The number of hydrogen-bond donors (Lipinski definition) is 1. The maximum absolute atomic E-state index is 11.1. The number of amides is 1. The molecular weight excluding hydrogens is 394 g/mol. The van der Waals surface area contributed by atoms with Crippen molar-refractivity contribution in [1.82, 2.24) is 10.3 Å². The largest absolute Gasteiger partial charge is 0.493 e. The molecule has 1 aliphatic carbocycles. The van der Waals surface area contributed by atoms with Crippen LogP contribution in [0, 0.1) is 5.92 Å². The second-order valence-electron chi connectivity index (χ2n) is 8.78. The van der Waals surface area contributed by atoms with Gasteiger partial charge in [0.05, 0.1) is 12.8 Å². The van der Waals surface area contributed by atoms with E-state index in [9.17, 15) is 4.79 Å². The number of carbonyl (C=O) groups is 1. The number of carbonyl (C=O) groups excluding carboxylic acids is 1. The highest BCUT2D eigenvalue weighted by Crippen LogP contribution is 2.31. The van der Waals surface area contributed by atoms with Gasteiger partial charge in [0.25, 0.3) is 6.01 Å². The summed E-state index contributed by atoms with van der Waals surface area (Å²) < 4.78 is 18.0. The predicted octanol–water partition coefficient (Wildman–Crippen LogP) is 3.97. The van der Waals surface area contributed by atoms with Crippen LogP contribution in [-0.2, 0) is 11.2 Å². The van der Waals surface area contributed by atoms with Gasteiger partial charge in [-0.1, -0.05) is 6.07 Å². The molecule has 2 heterocycles. The number of hydrogen-bond acceptors (Lipinski definition) is 6. The van der Waals surface area contributed by atoms with Crippen LogP contribution in [0.4, 0.5) is 6.01 Å². The number of nitrogens with one attached hydrogen (secondary N) is 1. The van der Waals surface area contributed by atoms with E-state index in [0.717, 1.165) is 68.6 Å². The van der Waals surface area contributed by atoms with Gasteiger partial charge in [0.2, 0.25) is 5.91 Å². The van der Waals surface area contributed by atoms with Gasteiger partial charge in [0.1, 0.15) is 23.4 Å². The molecule has 1 aromatic heterocycles. The van der Waals surface area contributed by atoms with Gasteiger partial charge >= 0.3 is 0 Å². The summed E-state index contributed by atoms with van der Waals surface area (Å²) in [6.45, 7) is 6.05. The Bertz CT molecular complexity index is 856. The fourth-order valence-corrected chi connectivity index (χ4v) is 3.83. The molecule has 168 valence electrons. The Hall–Kier alpha value is -2.70. The highest BCUT2D eigenvalue weighted by Gasteiger charge is 2.24. The van der Waals surface area contributed by atoms with Crippen LogP contribution in [0.15, 0.2) is 34.9 Å². The number of ether oxygens (including phenoxy) is 2. The summed E-state index contributed by atoms with van der Waals surface area (Å²) in [7, 11) is 0. The Labute approximate surface area is 184 Å². The van der Waals surface area contributed by atoms with E-state index in [1.54, 1.807) is 6.20 Å². The lowest BCUT2D eigenvalue weighted by Gasteiger charge is -2.31. The Morgan fingerprint density at radius 3 is 2.77 bits per heavy atom. The molecule has 4 rings (SSSR count). The molecular formula is C24H33N3O4. The van der Waals surface area contributed by atoms with E-state index >= 15 is 0 Å². The second kappa shape index (κ2) is 10.1. The van der Waals surface area contributed by atoms with Crippen LogP contribution in [-0.4, -0.2) is 42.7 Å². The van der Waals surface area contributed by atoms with Gasteiger partial charge in [-0.3, -0.25) is 4.79 Å². The molecule has 2 fully saturated rings. The van der Waals surface area contributed by atoms with Crippen molar-refractivity contribution in [3.05, 3.63) is 36.2 Å². The number of benzene rings is 1. The van der Waals surface area contributed by atoms with Crippen molar-refractivity contribution in [1.29, 1.82) is 0 Å². The van der Waals surface area contributed by atoms with Crippen molar-refractivity contribution < 1.29 is 18.7 Å².